The van der Waals surface area contributed by atoms with Crippen molar-refractivity contribution < 1.29 is 13.9 Å². The Morgan fingerprint density at radius 1 is 0.840 bits per heavy atom. The number of rotatable bonds is 6. The average molecular weight is 336 g/mol. The molecule has 0 atom stereocenters. The maximum Gasteiger partial charge on any atom is 0.243 e. The van der Waals surface area contributed by atoms with E-state index < -0.39 is 5.82 Å². The monoisotopic (exact) mass is 336 g/mol. The predicted molar refractivity (Wildman–Crippen MR) is 96.5 cm³/mol. The van der Waals surface area contributed by atoms with E-state index in [2.05, 4.69) is 10.6 Å². The smallest absolute Gasteiger partial charge is 0.243 e. The number of nitrogens with one attached hydrogen (secondary N) is 2. The first-order valence-electron chi connectivity index (χ1n) is 7.82. The fourth-order valence-electron chi connectivity index (χ4n) is 2.25. The largest absolute Gasteiger partial charge is 0.455 e. The first kappa shape index (κ1) is 16.5. The molecule has 3 aromatic rings. The summed E-state index contributed by atoms with van der Waals surface area (Å²) >= 11 is 0. The Labute approximate surface area is 145 Å². The molecule has 0 bridgehead atoms. The van der Waals surface area contributed by atoms with Gasteiger partial charge in [0.05, 0.1) is 17.9 Å². The van der Waals surface area contributed by atoms with E-state index in [1.54, 1.807) is 12.1 Å². The third-order valence-corrected chi connectivity index (χ3v) is 3.45. The highest BCUT2D eigenvalue weighted by atomic mass is 19.1. The SMILES string of the molecule is O=C(CNc1ccccc1Oc1ccccc1)Nc1ccccc1F. The summed E-state index contributed by atoms with van der Waals surface area (Å²) in [6.07, 6.45) is 0. The predicted octanol–water partition coefficient (Wildman–Crippen LogP) is 4.67. The van der Waals surface area contributed by atoms with Gasteiger partial charge in [0.1, 0.15) is 11.6 Å². The molecule has 0 unspecified atom stereocenters. The van der Waals surface area contributed by atoms with Crippen molar-refractivity contribution in [3.8, 4) is 11.5 Å². The van der Waals surface area contributed by atoms with Gasteiger partial charge < -0.3 is 15.4 Å². The quantitative estimate of drug-likeness (QED) is 0.688. The van der Waals surface area contributed by atoms with Gasteiger partial charge in [0.2, 0.25) is 5.91 Å². The molecule has 0 fully saturated rings. The number of anilines is 2. The average Bonchev–Trinajstić information content (AvgIpc) is 2.64. The lowest BCUT2D eigenvalue weighted by Crippen LogP contribution is -2.22. The van der Waals surface area contributed by atoms with Gasteiger partial charge in [-0.1, -0.05) is 42.5 Å². The molecule has 0 heterocycles. The fraction of sp³-hybridized carbons (Fsp3) is 0.0500. The molecule has 5 heteroatoms. The van der Waals surface area contributed by atoms with E-state index in [1.165, 1.54) is 12.1 Å². The van der Waals surface area contributed by atoms with Crippen molar-refractivity contribution in [1.29, 1.82) is 0 Å². The zero-order chi connectivity index (χ0) is 17.5. The molecule has 4 nitrogen and oxygen atoms in total. The van der Waals surface area contributed by atoms with Crippen LogP contribution in [0.15, 0.2) is 78.9 Å². The minimum atomic E-state index is -0.469. The molecule has 0 radical (unpaired) electrons. The van der Waals surface area contributed by atoms with Crippen molar-refractivity contribution in [2.24, 2.45) is 0 Å². The van der Waals surface area contributed by atoms with Gasteiger partial charge in [-0.2, -0.15) is 0 Å². The first-order chi connectivity index (χ1) is 12.2. The molecule has 0 aliphatic rings. The van der Waals surface area contributed by atoms with Crippen LogP contribution >= 0.6 is 0 Å². The van der Waals surface area contributed by atoms with Gasteiger partial charge >= 0.3 is 0 Å². The molecule has 0 saturated heterocycles. The number of halogens is 1. The lowest BCUT2D eigenvalue weighted by molar-refractivity contribution is -0.114. The molecule has 1 amide bonds. The summed E-state index contributed by atoms with van der Waals surface area (Å²) in [7, 11) is 0. The van der Waals surface area contributed by atoms with Gasteiger partial charge in [-0.15, -0.1) is 0 Å². The molecular formula is C20H17FN2O2. The molecule has 25 heavy (non-hydrogen) atoms. The highest BCUT2D eigenvalue weighted by Gasteiger charge is 2.08. The van der Waals surface area contributed by atoms with Gasteiger partial charge in [0.25, 0.3) is 0 Å². The van der Waals surface area contributed by atoms with E-state index in [-0.39, 0.29) is 18.1 Å². The maximum atomic E-state index is 13.6. The van der Waals surface area contributed by atoms with Crippen LogP contribution in [0, 0.1) is 5.82 Å². The van der Waals surface area contributed by atoms with Crippen molar-refractivity contribution in [2.45, 2.75) is 0 Å². The summed E-state index contributed by atoms with van der Waals surface area (Å²) in [5.74, 6) is 0.489. The van der Waals surface area contributed by atoms with Crippen LogP contribution in [0.5, 0.6) is 11.5 Å². The van der Waals surface area contributed by atoms with Crippen LogP contribution in [0.4, 0.5) is 15.8 Å². The van der Waals surface area contributed by atoms with E-state index in [4.69, 9.17) is 4.74 Å². The molecular weight excluding hydrogens is 319 g/mol. The summed E-state index contributed by atoms with van der Waals surface area (Å²) in [6, 6.07) is 22.7. The lowest BCUT2D eigenvalue weighted by Gasteiger charge is -2.13. The van der Waals surface area contributed by atoms with Crippen LogP contribution in [-0.4, -0.2) is 12.5 Å². The molecule has 3 aromatic carbocycles. The lowest BCUT2D eigenvalue weighted by atomic mass is 10.2. The van der Waals surface area contributed by atoms with Crippen LogP contribution < -0.4 is 15.4 Å². The molecule has 0 aliphatic carbocycles. The van der Waals surface area contributed by atoms with E-state index >= 15 is 0 Å². The molecule has 126 valence electrons. The zero-order valence-electron chi connectivity index (χ0n) is 13.4. The fourth-order valence-corrected chi connectivity index (χ4v) is 2.25. The molecule has 2 N–H and O–H groups in total. The summed E-state index contributed by atoms with van der Waals surface area (Å²) in [4.78, 5) is 12.0. The Hall–Kier alpha value is -3.34. The Balaban J connectivity index is 1.63. The Kier molecular flexibility index (Phi) is 5.26. The topological polar surface area (TPSA) is 50.4 Å². The van der Waals surface area contributed by atoms with Crippen LogP contribution in [0.2, 0.25) is 0 Å². The van der Waals surface area contributed by atoms with Crippen molar-refractivity contribution in [1.82, 2.24) is 0 Å². The summed E-state index contributed by atoms with van der Waals surface area (Å²) in [5, 5.41) is 5.55. The third-order valence-electron chi connectivity index (χ3n) is 3.45. The van der Waals surface area contributed by atoms with E-state index in [1.807, 2.05) is 54.6 Å². The number of hydrogen-bond donors (Lipinski definition) is 2. The maximum absolute atomic E-state index is 13.6. The molecule has 0 aromatic heterocycles. The molecule has 3 rings (SSSR count). The van der Waals surface area contributed by atoms with Crippen LogP contribution in [-0.2, 0) is 4.79 Å². The highest BCUT2D eigenvalue weighted by Crippen LogP contribution is 2.28. The second-order valence-corrected chi connectivity index (χ2v) is 5.29. The number of ether oxygens (including phenoxy) is 1. The second-order valence-electron chi connectivity index (χ2n) is 5.29. The number of amides is 1. The van der Waals surface area contributed by atoms with Crippen LogP contribution in [0.1, 0.15) is 0 Å². The molecule has 0 spiro atoms. The van der Waals surface area contributed by atoms with E-state index in [9.17, 15) is 9.18 Å². The normalized spacial score (nSPS) is 10.1. The van der Waals surface area contributed by atoms with E-state index in [0.29, 0.717) is 17.2 Å². The standard InChI is InChI=1S/C20H17FN2O2/c21-16-10-4-5-11-17(16)23-20(24)14-22-18-12-6-7-13-19(18)25-15-8-2-1-3-9-15/h1-13,22H,14H2,(H,23,24). The molecule has 0 saturated carbocycles. The molecule has 0 aliphatic heterocycles. The van der Waals surface area contributed by atoms with Crippen molar-refractivity contribution in [3.63, 3.8) is 0 Å². The number of hydrogen-bond acceptors (Lipinski definition) is 3. The van der Waals surface area contributed by atoms with Gasteiger partial charge in [-0.25, -0.2) is 4.39 Å². The van der Waals surface area contributed by atoms with E-state index in [0.717, 1.165) is 0 Å². The summed E-state index contributed by atoms with van der Waals surface area (Å²) in [5.41, 5.74) is 0.832. The minimum Gasteiger partial charge on any atom is -0.455 e. The first-order valence-corrected chi connectivity index (χ1v) is 7.82. The van der Waals surface area contributed by atoms with Crippen LogP contribution in [0.25, 0.3) is 0 Å². The zero-order valence-corrected chi connectivity index (χ0v) is 13.4. The van der Waals surface area contributed by atoms with Gasteiger partial charge in [0.15, 0.2) is 5.75 Å². The highest BCUT2D eigenvalue weighted by molar-refractivity contribution is 5.94. The van der Waals surface area contributed by atoms with Gasteiger partial charge in [-0.05, 0) is 36.4 Å². The number of carbonyl (C=O) groups is 1. The minimum absolute atomic E-state index is 0.0104. The van der Waals surface area contributed by atoms with Gasteiger partial charge in [0, 0.05) is 0 Å². The number of benzene rings is 3. The number of para-hydroxylation sites is 4. The third kappa shape index (κ3) is 4.57. The van der Waals surface area contributed by atoms with Crippen LogP contribution in [0.3, 0.4) is 0 Å². The Morgan fingerprint density at radius 3 is 2.24 bits per heavy atom. The Morgan fingerprint density at radius 2 is 1.48 bits per heavy atom. The Bertz CT molecular complexity index is 853. The summed E-state index contributed by atoms with van der Waals surface area (Å²) in [6.45, 7) is -0.0104. The summed E-state index contributed by atoms with van der Waals surface area (Å²) < 4.78 is 19.4. The van der Waals surface area contributed by atoms with Crippen molar-refractivity contribution in [2.75, 3.05) is 17.2 Å². The number of carbonyl (C=O) groups excluding carboxylic acids is 1. The van der Waals surface area contributed by atoms with Gasteiger partial charge in [-0.3, -0.25) is 4.79 Å². The van der Waals surface area contributed by atoms with Crippen molar-refractivity contribution in [3.05, 3.63) is 84.7 Å². The van der Waals surface area contributed by atoms with Crippen molar-refractivity contribution >= 4 is 17.3 Å². The second kappa shape index (κ2) is 7.97.